The van der Waals surface area contributed by atoms with E-state index in [0.29, 0.717) is 11.3 Å². The molecular weight excluding hydrogens is 405 g/mol. The van der Waals surface area contributed by atoms with Gasteiger partial charge >= 0.3 is 5.97 Å². The van der Waals surface area contributed by atoms with E-state index in [1.54, 1.807) is 13.0 Å². The van der Waals surface area contributed by atoms with Crippen molar-refractivity contribution in [2.75, 3.05) is 6.61 Å². The number of hydrogen-bond donors (Lipinski definition) is 1. The summed E-state index contributed by atoms with van der Waals surface area (Å²) in [7, 11) is 0. The second kappa shape index (κ2) is 10.2. The fraction of sp³-hybridized carbons (Fsp3) is 0.480. The maximum atomic E-state index is 13.5. The van der Waals surface area contributed by atoms with Crippen LogP contribution in [0.15, 0.2) is 41.8 Å². The number of benzene rings is 1. The van der Waals surface area contributed by atoms with Crippen LogP contribution >= 0.6 is 0 Å². The molecule has 0 atom stereocenters. The molecule has 0 saturated carbocycles. The Bertz CT molecular complexity index is 896. The first kappa shape index (κ1) is 26.5. The van der Waals surface area contributed by atoms with Crippen molar-refractivity contribution in [1.29, 1.82) is 0 Å². The quantitative estimate of drug-likeness (QED) is 0.361. The van der Waals surface area contributed by atoms with Crippen LogP contribution < -0.4 is 4.74 Å². The Morgan fingerprint density at radius 2 is 1.68 bits per heavy atom. The molecule has 0 amide bonds. The number of carbonyl (C=O) groups is 1. The molecule has 0 radical (unpaired) electrons. The van der Waals surface area contributed by atoms with Crippen molar-refractivity contribution in [3.8, 4) is 5.75 Å². The third-order valence-electron chi connectivity index (χ3n) is 4.77. The van der Waals surface area contributed by atoms with Gasteiger partial charge in [0, 0.05) is 11.1 Å². The molecular formula is C25H33F3O3. The minimum atomic E-state index is -2.61. The lowest BCUT2D eigenvalue weighted by Gasteiger charge is -2.29. The largest absolute Gasteiger partial charge is 0.487 e. The van der Waals surface area contributed by atoms with Gasteiger partial charge in [0.1, 0.15) is 12.4 Å². The molecule has 1 rings (SSSR count). The van der Waals surface area contributed by atoms with Gasteiger partial charge in [0.25, 0.3) is 6.43 Å². The molecule has 0 heterocycles. The molecule has 0 fully saturated rings. The normalized spacial score (nSPS) is 14.3. The number of allylic oxidation sites excluding steroid dienone is 5. The summed E-state index contributed by atoms with van der Waals surface area (Å²) in [6.45, 7) is 14.6. The number of rotatable bonds is 7. The fourth-order valence-corrected chi connectivity index (χ4v) is 2.88. The topological polar surface area (TPSA) is 46.5 Å². The molecule has 0 aliphatic rings. The molecule has 0 saturated heterocycles. The van der Waals surface area contributed by atoms with Crippen molar-refractivity contribution in [3.05, 3.63) is 58.5 Å². The number of ether oxygens (including phenoxy) is 1. The van der Waals surface area contributed by atoms with E-state index in [1.807, 2.05) is 32.9 Å². The van der Waals surface area contributed by atoms with Crippen molar-refractivity contribution >= 4 is 11.5 Å². The summed E-state index contributed by atoms with van der Waals surface area (Å²) < 4.78 is 45.0. The highest BCUT2D eigenvalue weighted by molar-refractivity contribution is 5.85. The molecule has 0 bridgehead atoms. The molecule has 0 aliphatic carbocycles. The SMILES string of the molecule is C/C(=C/C=C/C(C)=C(\F)C(=O)O)c1cc(C(C)(C)C)cc(C(C)(C)C)c1OCC(F)F. The Kier molecular flexibility index (Phi) is 8.74. The zero-order valence-electron chi connectivity index (χ0n) is 19.6. The third-order valence-corrected chi connectivity index (χ3v) is 4.77. The monoisotopic (exact) mass is 438 g/mol. The Morgan fingerprint density at radius 3 is 2.13 bits per heavy atom. The standard InChI is InChI=1S/C25H33F3O3/c1-15(10-9-11-16(2)21(28)23(29)30)18-12-17(24(3,4)5)13-19(25(6,7)8)22(18)31-14-20(26)27/h9-13,20H,14H2,1-8H3,(H,29,30)/b11-9+,15-10-,21-16-. The van der Waals surface area contributed by atoms with Crippen LogP contribution in [0.3, 0.4) is 0 Å². The number of carboxylic acids is 1. The van der Waals surface area contributed by atoms with E-state index in [1.165, 1.54) is 19.1 Å². The van der Waals surface area contributed by atoms with E-state index >= 15 is 0 Å². The van der Waals surface area contributed by atoms with Gasteiger partial charge in [-0.15, -0.1) is 0 Å². The van der Waals surface area contributed by atoms with Crippen LogP contribution in [0.1, 0.15) is 72.1 Å². The number of carboxylic acid groups (broad SMARTS) is 1. The maximum Gasteiger partial charge on any atom is 0.365 e. The van der Waals surface area contributed by atoms with Crippen LogP contribution in [0.25, 0.3) is 5.57 Å². The van der Waals surface area contributed by atoms with E-state index in [2.05, 4.69) is 20.8 Å². The van der Waals surface area contributed by atoms with Crippen molar-refractivity contribution < 1.29 is 27.8 Å². The number of halogens is 3. The molecule has 0 unspecified atom stereocenters. The average Bonchev–Trinajstić information content (AvgIpc) is 2.62. The lowest BCUT2D eigenvalue weighted by Crippen LogP contribution is -2.20. The van der Waals surface area contributed by atoms with Gasteiger partial charge in [-0.1, -0.05) is 65.8 Å². The zero-order valence-corrected chi connectivity index (χ0v) is 19.6. The lowest BCUT2D eigenvalue weighted by molar-refractivity contribution is -0.134. The molecule has 0 spiro atoms. The van der Waals surface area contributed by atoms with Gasteiger partial charge in [0.2, 0.25) is 5.83 Å². The summed E-state index contributed by atoms with van der Waals surface area (Å²) in [4.78, 5) is 10.7. The van der Waals surface area contributed by atoms with Gasteiger partial charge in [0.05, 0.1) is 0 Å². The predicted molar refractivity (Wildman–Crippen MR) is 120 cm³/mol. The summed E-state index contributed by atoms with van der Waals surface area (Å²) >= 11 is 0. The Labute approximate surface area is 183 Å². The summed E-state index contributed by atoms with van der Waals surface area (Å²) in [6, 6.07) is 3.93. The molecule has 1 N–H and O–H groups in total. The van der Waals surface area contributed by atoms with E-state index in [4.69, 9.17) is 9.84 Å². The first-order valence-corrected chi connectivity index (χ1v) is 10.1. The summed E-state index contributed by atoms with van der Waals surface area (Å²) in [5.41, 5.74) is 2.68. The first-order valence-electron chi connectivity index (χ1n) is 10.1. The Morgan fingerprint density at radius 1 is 1.10 bits per heavy atom. The van der Waals surface area contributed by atoms with Gasteiger partial charge < -0.3 is 9.84 Å². The van der Waals surface area contributed by atoms with Crippen LogP contribution in [-0.2, 0) is 15.6 Å². The fourth-order valence-electron chi connectivity index (χ4n) is 2.88. The van der Waals surface area contributed by atoms with Crippen molar-refractivity contribution in [2.24, 2.45) is 0 Å². The molecule has 1 aromatic rings. The van der Waals surface area contributed by atoms with Gasteiger partial charge in [0.15, 0.2) is 0 Å². The van der Waals surface area contributed by atoms with E-state index in [-0.39, 0.29) is 16.4 Å². The van der Waals surface area contributed by atoms with Crippen LogP contribution in [0, 0.1) is 0 Å². The molecule has 172 valence electrons. The van der Waals surface area contributed by atoms with Crippen molar-refractivity contribution in [1.82, 2.24) is 0 Å². The second-order valence-corrected chi connectivity index (χ2v) is 9.61. The first-order chi connectivity index (χ1) is 14.1. The number of alkyl halides is 2. The molecule has 6 heteroatoms. The third kappa shape index (κ3) is 7.60. The highest BCUT2D eigenvalue weighted by Gasteiger charge is 2.27. The smallest absolute Gasteiger partial charge is 0.365 e. The second-order valence-electron chi connectivity index (χ2n) is 9.61. The highest BCUT2D eigenvalue weighted by atomic mass is 19.3. The molecule has 3 nitrogen and oxygen atoms in total. The van der Waals surface area contributed by atoms with E-state index < -0.39 is 24.8 Å². The van der Waals surface area contributed by atoms with Crippen LogP contribution in [-0.4, -0.2) is 24.1 Å². The van der Waals surface area contributed by atoms with Crippen LogP contribution in [0.5, 0.6) is 5.75 Å². The molecule has 31 heavy (non-hydrogen) atoms. The highest BCUT2D eigenvalue weighted by Crippen LogP contribution is 2.41. The van der Waals surface area contributed by atoms with Crippen molar-refractivity contribution in [2.45, 2.75) is 72.6 Å². The van der Waals surface area contributed by atoms with E-state index in [9.17, 15) is 18.0 Å². The van der Waals surface area contributed by atoms with Gasteiger partial charge in [-0.3, -0.25) is 0 Å². The van der Waals surface area contributed by atoms with Crippen molar-refractivity contribution in [3.63, 3.8) is 0 Å². The van der Waals surface area contributed by atoms with E-state index in [0.717, 1.165) is 16.7 Å². The summed E-state index contributed by atoms with van der Waals surface area (Å²) in [5.74, 6) is -2.46. The minimum absolute atomic E-state index is 0.0236. The minimum Gasteiger partial charge on any atom is -0.487 e. The molecule has 0 aromatic heterocycles. The predicted octanol–water partition coefficient (Wildman–Crippen LogP) is 7.21. The van der Waals surface area contributed by atoms with Gasteiger partial charge in [-0.2, -0.15) is 4.39 Å². The zero-order chi connectivity index (χ0) is 24.1. The van der Waals surface area contributed by atoms with Gasteiger partial charge in [-0.25, -0.2) is 13.6 Å². The van der Waals surface area contributed by atoms with Crippen LogP contribution in [0.2, 0.25) is 0 Å². The molecule has 1 aromatic carbocycles. The average molecular weight is 439 g/mol. The Balaban J connectivity index is 3.67. The summed E-state index contributed by atoms with van der Waals surface area (Å²) in [5, 5.41) is 8.73. The maximum absolute atomic E-state index is 13.5. The Hall–Kier alpha value is -2.50. The van der Waals surface area contributed by atoms with Gasteiger partial charge in [-0.05, 0) is 47.5 Å². The number of hydrogen-bond acceptors (Lipinski definition) is 2. The van der Waals surface area contributed by atoms with Crippen LogP contribution in [0.4, 0.5) is 13.2 Å². The lowest BCUT2D eigenvalue weighted by atomic mass is 9.78. The number of aliphatic carboxylic acids is 1. The summed E-state index contributed by atoms with van der Waals surface area (Å²) in [6.07, 6.45) is 1.95. The molecule has 0 aliphatic heterocycles.